The van der Waals surface area contributed by atoms with E-state index in [1.54, 1.807) is 24.3 Å². The molecule has 1 aliphatic carbocycles. The van der Waals surface area contributed by atoms with E-state index < -0.39 is 0 Å². The average Bonchev–Trinajstić information content (AvgIpc) is 3.13. The Balaban J connectivity index is 0.000000649. The molecule has 0 heterocycles. The third-order valence-electron chi connectivity index (χ3n) is 5.96. The zero-order valence-electron chi connectivity index (χ0n) is 28.6. The van der Waals surface area contributed by atoms with Crippen molar-refractivity contribution in [3.05, 3.63) is 126 Å². The number of aliphatic hydroxyl groups is 1. The summed E-state index contributed by atoms with van der Waals surface area (Å²) in [5.41, 5.74) is 12.6. The van der Waals surface area contributed by atoms with Gasteiger partial charge in [0.05, 0.1) is 30.3 Å². The van der Waals surface area contributed by atoms with Crippen LogP contribution in [0.2, 0.25) is 0 Å². The number of benzene rings is 4. The Bertz CT molecular complexity index is 1490. The number of aliphatic hydroxyl groups excluding tert-OH is 1. The van der Waals surface area contributed by atoms with E-state index in [2.05, 4.69) is 57.9 Å². The van der Waals surface area contributed by atoms with Crippen molar-refractivity contribution in [1.29, 1.82) is 0 Å². The molecule has 256 valence electrons. The van der Waals surface area contributed by atoms with Gasteiger partial charge in [-0.1, -0.05) is 64.1 Å². The normalized spacial score (nSPS) is 12.6. The van der Waals surface area contributed by atoms with Gasteiger partial charge in [0.25, 0.3) is 0 Å². The summed E-state index contributed by atoms with van der Waals surface area (Å²) in [4.78, 5) is 19.9. The molecule has 48 heavy (non-hydrogen) atoms. The lowest BCUT2D eigenvalue weighted by Crippen LogP contribution is -2.11. The molecular weight excluding hydrogens is 639 g/mol. The van der Waals surface area contributed by atoms with E-state index in [1.807, 2.05) is 120 Å². The van der Waals surface area contributed by atoms with Gasteiger partial charge in [-0.25, -0.2) is 5.90 Å². The van der Waals surface area contributed by atoms with Crippen molar-refractivity contribution in [2.24, 2.45) is 21.1 Å². The number of nitrogen functional groups attached to an aromatic ring is 1. The van der Waals surface area contributed by atoms with Gasteiger partial charge in [0.15, 0.2) is 0 Å². The largest absolute Gasteiger partial charge is 0.399 e. The van der Waals surface area contributed by atoms with Crippen molar-refractivity contribution in [2.75, 3.05) is 12.8 Å². The molecule has 0 amide bonds. The number of anilines is 1. The van der Waals surface area contributed by atoms with Gasteiger partial charge in [0.1, 0.15) is 6.29 Å². The van der Waals surface area contributed by atoms with Crippen molar-refractivity contribution in [1.82, 2.24) is 0 Å². The molecule has 1 aliphatic rings. The number of carbonyl (C=O) groups is 1. The van der Waals surface area contributed by atoms with Crippen LogP contribution in [0.25, 0.3) is 5.57 Å². The van der Waals surface area contributed by atoms with Crippen molar-refractivity contribution in [3.8, 4) is 0 Å². The minimum Gasteiger partial charge on any atom is -0.399 e. The van der Waals surface area contributed by atoms with Gasteiger partial charge < -0.3 is 15.7 Å². The molecule has 1 unspecified atom stereocenters. The Morgan fingerprint density at radius 1 is 0.771 bits per heavy atom. The standard InChI is InChI=1S/C14H14O2.C12H11N3S.C7H7NS.2C2H6.CH5NO/c1-10-2-5-13(8-14(10)16)12-6-3-11(9-15)4-7-12;13-9-1-3-10(4-2-9)14-15-11-5-7-12(16)8-6-11;1-8-6-2-4-7(9)5-3-6;2*1-2;1-3-2/h2-7,9,14,16H,8H2,1H3;1-8,16H,13H2;2-5,9H,1H2;2*1-2H3;2H2,1H3. The summed E-state index contributed by atoms with van der Waals surface area (Å²) >= 11 is 8.30. The lowest BCUT2D eigenvalue weighted by molar-refractivity contribution is 0.112. The van der Waals surface area contributed by atoms with Gasteiger partial charge in [0.2, 0.25) is 0 Å². The molecule has 8 nitrogen and oxygen atoms in total. The number of aliphatic imine (C=N–C) groups is 1. The maximum Gasteiger partial charge on any atom is 0.150 e. The van der Waals surface area contributed by atoms with Gasteiger partial charge in [0, 0.05) is 27.5 Å². The van der Waals surface area contributed by atoms with E-state index in [-0.39, 0.29) is 6.10 Å². The molecule has 0 saturated heterocycles. The van der Waals surface area contributed by atoms with Crippen LogP contribution in [0.5, 0.6) is 0 Å². The molecule has 4 aromatic carbocycles. The summed E-state index contributed by atoms with van der Waals surface area (Å²) in [6.45, 7) is 13.3. The summed E-state index contributed by atoms with van der Waals surface area (Å²) in [6, 6.07) is 29.6. The first-order valence-electron chi connectivity index (χ1n) is 15.3. The summed E-state index contributed by atoms with van der Waals surface area (Å²) in [5.74, 6) is 4.35. The smallest absolute Gasteiger partial charge is 0.150 e. The van der Waals surface area contributed by atoms with E-state index in [9.17, 15) is 9.90 Å². The lowest BCUT2D eigenvalue weighted by atomic mass is 9.91. The number of nitrogens with two attached hydrogens (primary N) is 2. The number of azo groups is 1. The van der Waals surface area contributed by atoms with E-state index in [0.717, 1.165) is 55.5 Å². The highest BCUT2D eigenvalue weighted by Gasteiger charge is 2.14. The monoisotopic (exact) mass is 687 g/mol. The van der Waals surface area contributed by atoms with Crippen LogP contribution in [0.1, 0.15) is 57.0 Å². The van der Waals surface area contributed by atoms with Gasteiger partial charge in [-0.05, 0) is 103 Å². The SMILES string of the molecule is C=Nc1ccc(S)cc1.CC.CC.CC1=CC=C(c2ccc(C=O)cc2)CC1O.CON.Nc1ccc(N=Nc2ccc(S)cc2)cc1. The zero-order chi connectivity index (χ0) is 36.3. The number of hydrogen-bond acceptors (Lipinski definition) is 10. The third kappa shape index (κ3) is 18.1. The van der Waals surface area contributed by atoms with Crippen molar-refractivity contribution in [3.63, 3.8) is 0 Å². The fourth-order valence-electron chi connectivity index (χ4n) is 3.50. The Labute approximate surface area is 297 Å². The summed E-state index contributed by atoms with van der Waals surface area (Å²) < 4.78 is 0. The van der Waals surface area contributed by atoms with E-state index >= 15 is 0 Å². The van der Waals surface area contributed by atoms with Crippen LogP contribution in [0.3, 0.4) is 0 Å². The predicted octanol–water partition coefficient (Wildman–Crippen LogP) is 10.4. The van der Waals surface area contributed by atoms with Crippen LogP contribution in [0, 0.1) is 0 Å². The Hall–Kier alpha value is -4.32. The Morgan fingerprint density at radius 2 is 1.19 bits per heavy atom. The van der Waals surface area contributed by atoms with Crippen molar-refractivity contribution >= 4 is 66.6 Å². The molecule has 1 atom stereocenters. The van der Waals surface area contributed by atoms with E-state index in [4.69, 9.17) is 5.73 Å². The third-order valence-corrected chi connectivity index (χ3v) is 6.56. The molecule has 0 aromatic heterocycles. The van der Waals surface area contributed by atoms with Crippen LogP contribution in [0.4, 0.5) is 22.7 Å². The molecule has 10 heteroatoms. The maximum atomic E-state index is 10.5. The topological polar surface area (TPSA) is 136 Å². The van der Waals surface area contributed by atoms with Gasteiger partial charge in [-0.15, -0.1) is 25.3 Å². The quantitative estimate of drug-likeness (QED) is 0.0355. The Kier molecular flexibility index (Phi) is 24.3. The summed E-state index contributed by atoms with van der Waals surface area (Å²) in [6.07, 6.45) is 5.06. The maximum absolute atomic E-state index is 10.5. The highest BCUT2D eigenvalue weighted by atomic mass is 32.1. The number of hydrogen-bond donors (Lipinski definition) is 5. The molecule has 0 spiro atoms. The van der Waals surface area contributed by atoms with E-state index in [0.29, 0.717) is 12.0 Å². The van der Waals surface area contributed by atoms with Crippen LogP contribution >= 0.6 is 25.3 Å². The molecule has 0 radical (unpaired) electrons. The number of aldehydes is 1. The second-order valence-corrected chi connectivity index (χ2v) is 10.3. The molecule has 0 saturated carbocycles. The van der Waals surface area contributed by atoms with Gasteiger partial charge in [-0.3, -0.25) is 9.79 Å². The minimum absolute atomic E-state index is 0.384. The number of thiol groups is 2. The second-order valence-electron chi connectivity index (χ2n) is 9.28. The first-order chi connectivity index (χ1) is 23.2. The molecule has 4 aromatic rings. The molecule has 0 aliphatic heterocycles. The Morgan fingerprint density at radius 3 is 1.58 bits per heavy atom. The number of allylic oxidation sites excluding steroid dienone is 2. The number of rotatable bonds is 5. The van der Waals surface area contributed by atoms with Crippen molar-refractivity contribution in [2.45, 2.75) is 56.9 Å². The highest BCUT2D eigenvalue weighted by molar-refractivity contribution is 7.80. The first-order valence-corrected chi connectivity index (χ1v) is 16.2. The summed E-state index contributed by atoms with van der Waals surface area (Å²) in [5, 5.41) is 17.9. The molecule has 5 rings (SSSR count). The van der Waals surface area contributed by atoms with Gasteiger partial charge in [-0.2, -0.15) is 10.2 Å². The van der Waals surface area contributed by atoms with Crippen molar-refractivity contribution < 1.29 is 14.7 Å². The molecule has 0 fully saturated rings. The van der Waals surface area contributed by atoms with Crippen LogP contribution in [-0.2, 0) is 4.84 Å². The lowest BCUT2D eigenvalue weighted by Gasteiger charge is -2.18. The molecule has 0 bridgehead atoms. The van der Waals surface area contributed by atoms with Crippen LogP contribution < -0.4 is 11.6 Å². The van der Waals surface area contributed by atoms with Gasteiger partial charge >= 0.3 is 0 Å². The second kappa shape index (κ2) is 26.7. The fourth-order valence-corrected chi connectivity index (χ4v) is 3.80. The van der Waals surface area contributed by atoms with E-state index in [1.165, 1.54) is 7.11 Å². The first kappa shape index (κ1) is 43.7. The highest BCUT2D eigenvalue weighted by Crippen LogP contribution is 2.27. The molecular formula is C38H49N5O3S2. The predicted molar refractivity (Wildman–Crippen MR) is 210 cm³/mol. The van der Waals surface area contributed by atoms with Crippen LogP contribution in [-0.4, -0.2) is 31.3 Å². The fraction of sp³-hybridized carbons (Fsp3) is 0.211. The number of nitrogens with zero attached hydrogens (tertiary/aromatic N) is 3. The summed E-state index contributed by atoms with van der Waals surface area (Å²) in [7, 11) is 1.40. The zero-order valence-corrected chi connectivity index (χ0v) is 30.4. The molecule has 5 N–H and O–H groups in total. The minimum atomic E-state index is -0.384. The number of carbonyl (C=O) groups excluding carboxylic acids is 1. The average molecular weight is 688 g/mol. The van der Waals surface area contributed by atoms with Crippen LogP contribution in [0.15, 0.2) is 140 Å².